The average Bonchev–Trinajstić information content (AvgIpc) is 2.76. The summed E-state index contributed by atoms with van der Waals surface area (Å²) in [5, 5.41) is 10.1. The zero-order chi connectivity index (χ0) is 9.97. The molecule has 0 aromatic carbocycles. The van der Waals surface area contributed by atoms with E-state index in [4.69, 9.17) is 5.11 Å². The van der Waals surface area contributed by atoms with Crippen LogP contribution in [-0.2, 0) is 13.2 Å². The maximum absolute atomic E-state index is 9.02. The quantitative estimate of drug-likeness (QED) is 0.826. The van der Waals surface area contributed by atoms with Gasteiger partial charge in [0.05, 0.1) is 36.4 Å². The molecule has 0 atom stereocenters. The van der Waals surface area contributed by atoms with E-state index < -0.39 is 0 Å². The highest BCUT2D eigenvalue weighted by Crippen LogP contribution is 2.14. The monoisotopic (exact) mass is 209 g/mol. The SMILES string of the molecule is Cc1ncc(Cn2cncc2CO)s1. The van der Waals surface area contributed by atoms with Crippen LogP contribution in [0.5, 0.6) is 0 Å². The molecule has 0 saturated heterocycles. The molecule has 5 heteroatoms. The molecule has 0 fully saturated rings. The first-order chi connectivity index (χ1) is 6.79. The van der Waals surface area contributed by atoms with Crippen molar-refractivity contribution < 1.29 is 5.11 Å². The summed E-state index contributed by atoms with van der Waals surface area (Å²) in [5.74, 6) is 0. The molecule has 74 valence electrons. The highest BCUT2D eigenvalue weighted by molar-refractivity contribution is 7.11. The minimum atomic E-state index is 0.0256. The zero-order valence-electron chi connectivity index (χ0n) is 7.84. The van der Waals surface area contributed by atoms with E-state index in [-0.39, 0.29) is 6.61 Å². The molecule has 2 aromatic rings. The van der Waals surface area contributed by atoms with Gasteiger partial charge in [-0.1, -0.05) is 0 Å². The lowest BCUT2D eigenvalue weighted by Gasteiger charge is -2.02. The van der Waals surface area contributed by atoms with Gasteiger partial charge in [0.15, 0.2) is 0 Å². The predicted molar refractivity (Wildman–Crippen MR) is 54.1 cm³/mol. The van der Waals surface area contributed by atoms with Gasteiger partial charge < -0.3 is 9.67 Å². The highest BCUT2D eigenvalue weighted by Gasteiger charge is 2.03. The number of aryl methyl sites for hydroxylation is 1. The Hall–Kier alpha value is -1.20. The van der Waals surface area contributed by atoms with Crippen LogP contribution >= 0.6 is 11.3 Å². The van der Waals surface area contributed by atoms with E-state index in [1.807, 2.05) is 17.7 Å². The second-order valence-electron chi connectivity index (χ2n) is 3.02. The van der Waals surface area contributed by atoms with E-state index in [2.05, 4.69) is 9.97 Å². The normalized spacial score (nSPS) is 10.7. The van der Waals surface area contributed by atoms with Crippen molar-refractivity contribution in [3.05, 3.63) is 34.3 Å². The molecule has 0 amide bonds. The number of aliphatic hydroxyl groups is 1. The Morgan fingerprint density at radius 2 is 2.36 bits per heavy atom. The van der Waals surface area contributed by atoms with Gasteiger partial charge >= 0.3 is 0 Å². The van der Waals surface area contributed by atoms with Gasteiger partial charge in [0.2, 0.25) is 0 Å². The van der Waals surface area contributed by atoms with Crippen molar-refractivity contribution in [3.63, 3.8) is 0 Å². The van der Waals surface area contributed by atoms with Crippen molar-refractivity contribution in [2.24, 2.45) is 0 Å². The molecule has 0 aliphatic carbocycles. The first kappa shape index (κ1) is 9.36. The molecule has 0 aliphatic heterocycles. The summed E-state index contributed by atoms with van der Waals surface area (Å²) in [6, 6.07) is 0. The molecule has 14 heavy (non-hydrogen) atoms. The van der Waals surface area contributed by atoms with Gasteiger partial charge in [-0.3, -0.25) is 0 Å². The first-order valence-corrected chi connectivity index (χ1v) is 5.12. The van der Waals surface area contributed by atoms with Crippen LogP contribution in [0.4, 0.5) is 0 Å². The molecule has 1 N–H and O–H groups in total. The van der Waals surface area contributed by atoms with Crippen LogP contribution in [0.15, 0.2) is 18.7 Å². The van der Waals surface area contributed by atoms with Crippen molar-refractivity contribution in [3.8, 4) is 0 Å². The van der Waals surface area contributed by atoms with Crippen LogP contribution in [0.2, 0.25) is 0 Å². The summed E-state index contributed by atoms with van der Waals surface area (Å²) in [5.41, 5.74) is 0.830. The van der Waals surface area contributed by atoms with E-state index in [0.29, 0.717) is 0 Å². The first-order valence-electron chi connectivity index (χ1n) is 4.31. The van der Waals surface area contributed by atoms with Gasteiger partial charge in [0.1, 0.15) is 0 Å². The Morgan fingerprint density at radius 1 is 1.50 bits per heavy atom. The molecule has 0 bridgehead atoms. The van der Waals surface area contributed by atoms with E-state index in [0.717, 1.165) is 17.2 Å². The van der Waals surface area contributed by atoms with E-state index in [9.17, 15) is 0 Å². The molecule has 2 aromatic heterocycles. The van der Waals surface area contributed by atoms with Crippen LogP contribution in [0, 0.1) is 6.92 Å². The lowest BCUT2D eigenvalue weighted by atomic mass is 10.4. The third-order valence-electron chi connectivity index (χ3n) is 1.96. The van der Waals surface area contributed by atoms with Crippen molar-refractivity contribution in [1.82, 2.24) is 14.5 Å². The second-order valence-corrected chi connectivity index (χ2v) is 4.34. The molecule has 2 heterocycles. The van der Waals surface area contributed by atoms with Gasteiger partial charge in [-0.25, -0.2) is 9.97 Å². The van der Waals surface area contributed by atoms with Crippen molar-refractivity contribution in [2.75, 3.05) is 0 Å². The van der Waals surface area contributed by atoms with Crippen molar-refractivity contribution in [1.29, 1.82) is 0 Å². The smallest absolute Gasteiger partial charge is 0.0952 e. The molecule has 0 saturated carbocycles. The molecular weight excluding hydrogens is 198 g/mol. The number of rotatable bonds is 3. The van der Waals surface area contributed by atoms with Gasteiger partial charge in [0, 0.05) is 11.1 Å². The van der Waals surface area contributed by atoms with E-state index in [1.54, 1.807) is 23.9 Å². The van der Waals surface area contributed by atoms with Gasteiger partial charge in [-0.2, -0.15) is 0 Å². The number of thiazole rings is 1. The fraction of sp³-hybridized carbons (Fsp3) is 0.333. The summed E-state index contributed by atoms with van der Waals surface area (Å²) in [6.07, 6.45) is 5.26. The van der Waals surface area contributed by atoms with E-state index >= 15 is 0 Å². The van der Waals surface area contributed by atoms with Crippen LogP contribution in [0.25, 0.3) is 0 Å². The summed E-state index contributed by atoms with van der Waals surface area (Å²) >= 11 is 1.66. The van der Waals surface area contributed by atoms with Crippen molar-refractivity contribution >= 4 is 11.3 Å². The van der Waals surface area contributed by atoms with Crippen LogP contribution in [-0.4, -0.2) is 19.6 Å². The highest BCUT2D eigenvalue weighted by atomic mass is 32.1. The minimum absolute atomic E-state index is 0.0256. The molecule has 0 spiro atoms. The van der Waals surface area contributed by atoms with Crippen molar-refractivity contribution in [2.45, 2.75) is 20.1 Å². The minimum Gasteiger partial charge on any atom is -0.390 e. The van der Waals surface area contributed by atoms with Gasteiger partial charge in [-0.15, -0.1) is 11.3 Å². The topological polar surface area (TPSA) is 50.9 Å². The summed E-state index contributed by atoms with van der Waals surface area (Å²) in [7, 11) is 0. The van der Waals surface area contributed by atoms with Crippen LogP contribution in [0.3, 0.4) is 0 Å². The molecule has 0 radical (unpaired) electrons. The van der Waals surface area contributed by atoms with Crippen LogP contribution < -0.4 is 0 Å². The molecular formula is C9H11N3OS. The lowest BCUT2D eigenvalue weighted by Crippen LogP contribution is -2.01. The summed E-state index contributed by atoms with van der Waals surface area (Å²) in [6.45, 7) is 2.74. The lowest BCUT2D eigenvalue weighted by molar-refractivity contribution is 0.271. The maximum Gasteiger partial charge on any atom is 0.0952 e. The van der Waals surface area contributed by atoms with Crippen LogP contribution in [0.1, 0.15) is 15.6 Å². The summed E-state index contributed by atoms with van der Waals surface area (Å²) < 4.78 is 1.92. The second kappa shape index (κ2) is 3.89. The summed E-state index contributed by atoms with van der Waals surface area (Å²) in [4.78, 5) is 9.33. The van der Waals surface area contributed by atoms with Gasteiger partial charge in [-0.05, 0) is 6.92 Å². The third kappa shape index (κ3) is 1.83. The maximum atomic E-state index is 9.02. The number of hydrogen-bond donors (Lipinski definition) is 1. The van der Waals surface area contributed by atoms with E-state index in [1.165, 1.54) is 4.88 Å². The number of aromatic nitrogens is 3. The molecule has 0 aliphatic rings. The largest absolute Gasteiger partial charge is 0.390 e. The number of aliphatic hydroxyl groups excluding tert-OH is 1. The fourth-order valence-electron chi connectivity index (χ4n) is 1.27. The standard InChI is InChI=1S/C9H11N3OS/c1-7-11-3-9(14-7)4-12-6-10-2-8(12)5-13/h2-3,6,13H,4-5H2,1H3. The van der Waals surface area contributed by atoms with Gasteiger partial charge in [0.25, 0.3) is 0 Å². The Bertz CT molecular complexity index is 421. The number of imidazole rings is 1. The zero-order valence-corrected chi connectivity index (χ0v) is 8.66. The number of nitrogens with zero attached hydrogens (tertiary/aromatic N) is 3. The third-order valence-corrected chi connectivity index (χ3v) is 2.85. The predicted octanol–water partition coefficient (Wildman–Crippen LogP) is 1.19. The molecule has 2 rings (SSSR count). The fourth-order valence-corrected chi connectivity index (χ4v) is 2.06. The Morgan fingerprint density at radius 3 is 3.00 bits per heavy atom. The molecule has 0 unspecified atom stereocenters. The Balaban J connectivity index is 2.18. The average molecular weight is 209 g/mol. The Labute approximate surface area is 85.9 Å². The molecule has 4 nitrogen and oxygen atoms in total. The Kier molecular flexibility index (Phi) is 2.60. The number of hydrogen-bond acceptors (Lipinski definition) is 4.